The van der Waals surface area contributed by atoms with E-state index in [0.717, 1.165) is 19.3 Å². The monoisotopic (exact) mass is 406 g/mol. The van der Waals surface area contributed by atoms with E-state index in [2.05, 4.69) is 26.0 Å². The number of hydrogen-bond donors (Lipinski definition) is 2. The Labute approximate surface area is 175 Å². The van der Waals surface area contributed by atoms with Crippen molar-refractivity contribution < 1.29 is 24.5 Å². The molecule has 0 unspecified atom stereocenters. The Morgan fingerprint density at radius 3 is 2.34 bits per heavy atom. The van der Waals surface area contributed by atoms with E-state index in [1.807, 2.05) is 19.1 Å². The van der Waals surface area contributed by atoms with Gasteiger partial charge in [0.1, 0.15) is 6.10 Å². The van der Waals surface area contributed by atoms with Gasteiger partial charge in [0.25, 0.3) is 0 Å². The van der Waals surface area contributed by atoms with Crippen LogP contribution in [0.4, 0.5) is 0 Å². The van der Waals surface area contributed by atoms with Crippen molar-refractivity contribution >= 4 is 5.78 Å². The molecule has 0 saturated carbocycles. The molecule has 0 aromatic carbocycles. The zero-order valence-electron chi connectivity index (χ0n) is 19.0. The van der Waals surface area contributed by atoms with Crippen LogP contribution in [0.5, 0.6) is 0 Å². The van der Waals surface area contributed by atoms with Crippen LogP contribution in [0.15, 0.2) is 47.0 Å². The number of allylic oxidation sites excluding steroid dienone is 6. The van der Waals surface area contributed by atoms with Crippen LogP contribution in [-0.4, -0.2) is 41.9 Å². The van der Waals surface area contributed by atoms with Gasteiger partial charge in [0.05, 0.1) is 19.8 Å². The summed E-state index contributed by atoms with van der Waals surface area (Å²) in [5, 5.41) is 20.3. The summed E-state index contributed by atoms with van der Waals surface area (Å²) in [6.45, 7) is 9.52. The second-order valence-corrected chi connectivity index (χ2v) is 8.50. The first-order valence-corrected chi connectivity index (χ1v) is 10.3. The lowest BCUT2D eigenvalue weighted by Crippen LogP contribution is -2.40. The van der Waals surface area contributed by atoms with Crippen molar-refractivity contribution in [2.24, 2.45) is 11.8 Å². The van der Waals surface area contributed by atoms with Gasteiger partial charge < -0.3 is 19.7 Å². The Hall–Kier alpha value is -1.85. The van der Waals surface area contributed by atoms with Crippen LogP contribution in [0, 0.1) is 11.8 Å². The van der Waals surface area contributed by atoms with Gasteiger partial charge in [-0.15, -0.1) is 0 Å². The highest BCUT2D eigenvalue weighted by Crippen LogP contribution is 2.35. The number of ketones is 1. The van der Waals surface area contributed by atoms with Gasteiger partial charge >= 0.3 is 0 Å². The van der Waals surface area contributed by atoms with E-state index in [1.54, 1.807) is 13.8 Å². The Balaban J connectivity index is 2.64. The molecule has 29 heavy (non-hydrogen) atoms. The van der Waals surface area contributed by atoms with Crippen LogP contribution in [-0.2, 0) is 14.3 Å². The van der Waals surface area contributed by atoms with Gasteiger partial charge in [-0.2, -0.15) is 0 Å². The van der Waals surface area contributed by atoms with Crippen molar-refractivity contribution in [3.8, 4) is 0 Å². The van der Waals surface area contributed by atoms with E-state index in [-0.39, 0.29) is 29.1 Å². The molecule has 0 aromatic rings. The summed E-state index contributed by atoms with van der Waals surface area (Å²) in [5.74, 6) is -0.320. The van der Waals surface area contributed by atoms with Gasteiger partial charge in [-0.05, 0) is 53.4 Å². The lowest BCUT2D eigenvalue weighted by molar-refractivity contribution is -0.128. The van der Waals surface area contributed by atoms with E-state index in [1.165, 1.54) is 25.4 Å². The maximum absolute atomic E-state index is 12.5. The van der Waals surface area contributed by atoms with Gasteiger partial charge in [-0.3, -0.25) is 4.79 Å². The number of hydrogen-bond acceptors (Lipinski definition) is 5. The highest BCUT2D eigenvalue weighted by molar-refractivity contribution is 5.97. The number of ether oxygens (including phenoxy) is 2. The second-order valence-electron chi connectivity index (χ2n) is 8.50. The largest absolute Gasteiger partial charge is 0.494 e. The van der Waals surface area contributed by atoms with Crippen molar-refractivity contribution in [3.05, 3.63) is 47.0 Å². The molecular formula is C24H38O5. The molecule has 1 aliphatic carbocycles. The molecule has 0 radical (unpaired) electrons. The third-order valence-electron chi connectivity index (χ3n) is 5.34. The predicted molar refractivity (Wildman–Crippen MR) is 116 cm³/mol. The summed E-state index contributed by atoms with van der Waals surface area (Å²) < 4.78 is 10.4. The summed E-state index contributed by atoms with van der Waals surface area (Å²) in [4.78, 5) is 12.5. The maximum Gasteiger partial charge on any atom is 0.204 e. The van der Waals surface area contributed by atoms with E-state index >= 15 is 0 Å². The minimum Gasteiger partial charge on any atom is -0.494 e. The Kier molecular flexibility index (Phi) is 9.87. The van der Waals surface area contributed by atoms with Crippen LogP contribution in [0.3, 0.4) is 0 Å². The lowest BCUT2D eigenvalue weighted by atomic mass is 9.77. The van der Waals surface area contributed by atoms with E-state index in [4.69, 9.17) is 9.47 Å². The van der Waals surface area contributed by atoms with Gasteiger partial charge in [0.2, 0.25) is 11.5 Å². The van der Waals surface area contributed by atoms with Crippen molar-refractivity contribution in [1.82, 2.24) is 0 Å². The number of carbonyl (C=O) groups excluding carboxylic acids is 1. The number of carbonyl (C=O) groups is 1. The fourth-order valence-electron chi connectivity index (χ4n) is 3.47. The van der Waals surface area contributed by atoms with Gasteiger partial charge in [-0.25, -0.2) is 0 Å². The molecular weight excluding hydrogens is 368 g/mol. The molecule has 164 valence electrons. The first-order chi connectivity index (χ1) is 13.5. The SMILES string of the molecule is COC1=C(OC)[C@H](O)[C@H](C/C=C(\C)CC/C=C(\C)C/C=C/C(C)(C)O)[C@@H](C)C1=O. The molecule has 0 aliphatic heterocycles. The fourth-order valence-corrected chi connectivity index (χ4v) is 3.47. The van der Waals surface area contributed by atoms with Crippen molar-refractivity contribution in [2.75, 3.05) is 14.2 Å². The normalized spacial score (nSPS) is 24.4. The van der Waals surface area contributed by atoms with Crippen molar-refractivity contribution in [1.29, 1.82) is 0 Å². The average Bonchev–Trinajstić information content (AvgIpc) is 2.63. The van der Waals surface area contributed by atoms with Crippen LogP contribution >= 0.6 is 0 Å². The Bertz CT molecular complexity index is 676. The Morgan fingerprint density at radius 2 is 1.79 bits per heavy atom. The quantitative estimate of drug-likeness (QED) is 0.524. The summed E-state index contributed by atoms with van der Waals surface area (Å²) in [6, 6.07) is 0. The molecule has 0 aromatic heterocycles. The first kappa shape index (κ1) is 25.2. The maximum atomic E-state index is 12.5. The van der Waals surface area contributed by atoms with Gasteiger partial charge in [0, 0.05) is 11.8 Å². The highest BCUT2D eigenvalue weighted by atomic mass is 16.5. The smallest absolute Gasteiger partial charge is 0.204 e. The lowest BCUT2D eigenvalue weighted by Gasteiger charge is -2.33. The second kappa shape index (κ2) is 11.4. The molecule has 0 spiro atoms. The summed E-state index contributed by atoms with van der Waals surface area (Å²) >= 11 is 0. The molecule has 3 atom stereocenters. The molecule has 0 amide bonds. The van der Waals surface area contributed by atoms with E-state index in [0.29, 0.717) is 6.42 Å². The molecule has 0 heterocycles. The van der Waals surface area contributed by atoms with Crippen LogP contribution < -0.4 is 0 Å². The molecule has 5 heteroatoms. The van der Waals surface area contributed by atoms with E-state index in [9.17, 15) is 15.0 Å². The fraction of sp³-hybridized carbons (Fsp3) is 0.625. The van der Waals surface area contributed by atoms with Crippen LogP contribution in [0.25, 0.3) is 0 Å². The topological polar surface area (TPSA) is 76.0 Å². The van der Waals surface area contributed by atoms with Gasteiger partial charge in [-0.1, -0.05) is 42.4 Å². The Morgan fingerprint density at radius 1 is 1.14 bits per heavy atom. The molecule has 1 rings (SSSR count). The predicted octanol–water partition coefficient (Wildman–Crippen LogP) is 4.47. The molecule has 2 N–H and O–H groups in total. The minimum absolute atomic E-state index is 0.122. The van der Waals surface area contributed by atoms with Gasteiger partial charge in [0.15, 0.2) is 5.76 Å². The zero-order chi connectivity index (χ0) is 22.2. The molecule has 5 nitrogen and oxygen atoms in total. The third kappa shape index (κ3) is 7.82. The number of Topliss-reactive ketones (excluding diaryl/α,β-unsaturated/α-hetero) is 1. The van der Waals surface area contributed by atoms with Crippen molar-refractivity contribution in [3.63, 3.8) is 0 Å². The molecule has 0 fully saturated rings. The minimum atomic E-state index is -0.851. The number of aliphatic hydroxyl groups excluding tert-OH is 1. The number of rotatable bonds is 10. The summed E-state index contributed by atoms with van der Waals surface area (Å²) in [7, 11) is 2.87. The van der Waals surface area contributed by atoms with Crippen LogP contribution in [0.2, 0.25) is 0 Å². The van der Waals surface area contributed by atoms with Crippen molar-refractivity contribution in [2.45, 2.75) is 72.0 Å². The number of methoxy groups -OCH3 is 2. The van der Waals surface area contributed by atoms with E-state index < -0.39 is 11.7 Å². The average molecular weight is 407 g/mol. The summed E-state index contributed by atoms with van der Waals surface area (Å²) in [5.41, 5.74) is 1.72. The third-order valence-corrected chi connectivity index (χ3v) is 5.34. The van der Waals surface area contributed by atoms with Crippen LogP contribution in [0.1, 0.15) is 60.3 Å². The summed E-state index contributed by atoms with van der Waals surface area (Å²) in [6.07, 6.45) is 10.6. The first-order valence-electron chi connectivity index (χ1n) is 10.3. The number of aliphatic hydroxyl groups is 2. The molecule has 1 aliphatic rings. The standard InChI is InChI=1S/C24H38O5/c1-16(12-9-15-24(4,5)27)10-8-11-17(2)13-14-19-18(3)20(25)22(28-6)23(29-7)21(19)26/h9-10,13,15,18-19,21,26-27H,8,11-12,14H2,1-7H3/b15-9+,16-10+,17-13+/t18-,19-,21-/m1/s1. The molecule has 0 saturated heterocycles. The highest BCUT2D eigenvalue weighted by Gasteiger charge is 2.42. The molecule has 0 bridgehead atoms. The zero-order valence-corrected chi connectivity index (χ0v) is 19.0.